The van der Waals surface area contributed by atoms with Gasteiger partial charge in [-0.3, -0.25) is 4.90 Å². The molecule has 1 atom stereocenters. The first-order valence-corrected chi connectivity index (χ1v) is 7.67. The number of nitrogens with zero attached hydrogens (tertiary/aromatic N) is 2. The second kappa shape index (κ2) is 5.83. The van der Waals surface area contributed by atoms with E-state index in [1.807, 2.05) is 4.90 Å². The Morgan fingerprint density at radius 3 is 3.25 bits per heavy atom. The van der Waals surface area contributed by atoms with Crippen molar-refractivity contribution < 1.29 is 4.79 Å². The van der Waals surface area contributed by atoms with Crippen molar-refractivity contribution in [2.24, 2.45) is 5.73 Å². The standard InChI is InChI=1S/C14H18N4OS/c15-3-1-2-11-6-13(20-10-11)9-17-4-5-18-12(8-17)7-16-14(18)19/h6,10,12H,3-5,7-9,15H2,(H,16,19). The Labute approximate surface area is 122 Å². The van der Waals surface area contributed by atoms with Gasteiger partial charge in [-0.25, -0.2) is 4.79 Å². The van der Waals surface area contributed by atoms with Crippen LogP contribution >= 0.6 is 11.3 Å². The average Bonchev–Trinajstić information content (AvgIpc) is 3.04. The minimum Gasteiger partial charge on any atom is -0.336 e. The molecule has 2 fully saturated rings. The Bertz CT molecular complexity index is 559. The van der Waals surface area contributed by atoms with Crippen LogP contribution in [-0.4, -0.2) is 54.6 Å². The molecule has 20 heavy (non-hydrogen) atoms. The van der Waals surface area contributed by atoms with Crippen LogP contribution in [0, 0.1) is 11.8 Å². The number of piperazine rings is 1. The fourth-order valence-electron chi connectivity index (χ4n) is 2.71. The Morgan fingerprint density at radius 1 is 1.50 bits per heavy atom. The summed E-state index contributed by atoms with van der Waals surface area (Å²) in [6.45, 7) is 4.81. The normalized spacial score (nSPS) is 22.1. The zero-order valence-electron chi connectivity index (χ0n) is 11.3. The smallest absolute Gasteiger partial charge is 0.317 e. The number of carbonyl (C=O) groups is 1. The number of hydrogen-bond donors (Lipinski definition) is 2. The van der Waals surface area contributed by atoms with Gasteiger partial charge in [-0.2, -0.15) is 0 Å². The number of rotatable bonds is 2. The van der Waals surface area contributed by atoms with Gasteiger partial charge in [0.25, 0.3) is 0 Å². The maximum absolute atomic E-state index is 11.6. The largest absolute Gasteiger partial charge is 0.336 e. The van der Waals surface area contributed by atoms with Crippen LogP contribution in [0.4, 0.5) is 4.79 Å². The minimum absolute atomic E-state index is 0.0881. The van der Waals surface area contributed by atoms with E-state index in [0.717, 1.165) is 38.3 Å². The van der Waals surface area contributed by atoms with E-state index in [1.54, 1.807) is 11.3 Å². The highest BCUT2D eigenvalue weighted by molar-refractivity contribution is 7.10. The number of nitrogens with one attached hydrogen (secondary N) is 1. The third-order valence-corrected chi connectivity index (χ3v) is 4.61. The number of carbonyl (C=O) groups excluding carboxylic acids is 1. The number of amides is 2. The van der Waals surface area contributed by atoms with E-state index in [2.05, 4.69) is 33.5 Å². The predicted octanol–water partition coefficient (Wildman–Crippen LogP) is 0.268. The van der Waals surface area contributed by atoms with Crippen LogP contribution in [-0.2, 0) is 6.54 Å². The molecule has 1 aromatic heterocycles. The maximum Gasteiger partial charge on any atom is 0.317 e. The fourth-order valence-corrected chi connectivity index (χ4v) is 3.57. The van der Waals surface area contributed by atoms with E-state index in [9.17, 15) is 4.79 Å². The number of thiophene rings is 1. The monoisotopic (exact) mass is 290 g/mol. The Kier molecular flexibility index (Phi) is 3.92. The van der Waals surface area contributed by atoms with Crippen molar-refractivity contribution >= 4 is 17.4 Å². The minimum atomic E-state index is 0.0881. The quantitative estimate of drug-likeness (QED) is 0.769. The van der Waals surface area contributed by atoms with Crippen LogP contribution < -0.4 is 11.1 Å². The third-order valence-electron chi connectivity index (χ3n) is 3.68. The molecule has 1 unspecified atom stereocenters. The molecule has 2 saturated heterocycles. The number of fused-ring (bicyclic) bond motifs is 1. The molecule has 0 radical (unpaired) electrons. The molecule has 0 bridgehead atoms. The molecule has 3 heterocycles. The molecule has 2 amide bonds. The highest BCUT2D eigenvalue weighted by Crippen LogP contribution is 2.20. The summed E-state index contributed by atoms with van der Waals surface area (Å²) in [5.74, 6) is 5.93. The molecule has 0 aliphatic carbocycles. The zero-order valence-corrected chi connectivity index (χ0v) is 12.1. The van der Waals surface area contributed by atoms with Crippen LogP contribution in [0.3, 0.4) is 0 Å². The van der Waals surface area contributed by atoms with E-state index >= 15 is 0 Å². The van der Waals surface area contributed by atoms with Gasteiger partial charge in [-0.15, -0.1) is 11.3 Å². The van der Waals surface area contributed by atoms with Crippen LogP contribution in [0.1, 0.15) is 10.4 Å². The van der Waals surface area contributed by atoms with Gasteiger partial charge in [0.2, 0.25) is 0 Å². The van der Waals surface area contributed by atoms with Crippen LogP contribution in [0.5, 0.6) is 0 Å². The molecule has 0 spiro atoms. The molecule has 3 N–H and O–H groups in total. The first-order chi connectivity index (χ1) is 9.76. The van der Waals surface area contributed by atoms with Crippen molar-refractivity contribution in [1.29, 1.82) is 0 Å². The number of hydrogen-bond acceptors (Lipinski definition) is 4. The fraction of sp³-hybridized carbons (Fsp3) is 0.500. The zero-order chi connectivity index (χ0) is 13.9. The lowest BCUT2D eigenvalue weighted by Crippen LogP contribution is -2.51. The molecule has 2 aliphatic rings. The summed E-state index contributed by atoms with van der Waals surface area (Å²) in [7, 11) is 0. The van der Waals surface area contributed by atoms with E-state index in [4.69, 9.17) is 5.73 Å². The molecule has 3 rings (SSSR count). The van der Waals surface area contributed by atoms with Gasteiger partial charge in [0.15, 0.2) is 0 Å². The van der Waals surface area contributed by atoms with Gasteiger partial charge < -0.3 is 16.0 Å². The van der Waals surface area contributed by atoms with Gasteiger partial charge in [0.05, 0.1) is 12.6 Å². The molecule has 106 valence electrons. The lowest BCUT2D eigenvalue weighted by atomic mass is 10.2. The Hall–Kier alpha value is -1.55. The summed E-state index contributed by atoms with van der Waals surface area (Å²) >= 11 is 1.74. The predicted molar refractivity (Wildman–Crippen MR) is 79.4 cm³/mol. The molecule has 6 heteroatoms. The number of urea groups is 1. The Balaban J connectivity index is 1.59. The van der Waals surface area contributed by atoms with Crippen molar-refractivity contribution in [3.8, 4) is 11.8 Å². The van der Waals surface area contributed by atoms with Crippen LogP contribution in [0.2, 0.25) is 0 Å². The molecular weight excluding hydrogens is 272 g/mol. The molecular formula is C14H18N4OS. The molecule has 0 saturated carbocycles. The van der Waals surface area contributed by atoms with Gasteiger partial charge >= 0.3 is 6.03 Å². The average molecular weight is 290 g/mol. The van der Waals surface area contributed by atoms with Crippen molar-refractivity contribution in [2.45, 2.75) is 12.6 Å². The van der Waals surface area contributed by atoms with Crippen molar-refractivity contribution in [3.05, 3.63) is 21.9 Å². The van der Waals surface area contributed by atoms with Crippen molar-refractivity contribution in [3.63, 3.8) is 0 Å². The number of nitrogens with two attached hydrogens (primary N) is 1. The summed E-state index contributed by atoms with van der Waals surface area (Å²) in [6, 6.07) is 2.55. The highest BCUT2D eigenvalue weighted by atomic mass is 32.1. The highest BCUT2D eigenvalue weighted by Gasteiger charge is 2.35. The Morgan fingerprint density at radius 2 is 2.40 bits per heavy atom. The summed E-state index contributed by atoms with van der Waals surface area (Å²) in [5, 5.41) is 4.98. The van der Waals surface area contributed by atoms with Gasteiger partial charge in [-0.1, -0.05) is 11.8 Å². The molecule has 0 aromatic carbocycles. The SMILES string of the molecule is NCC#Cc1csc(CN2CCN3C(=O)NCC3C2)c1. The van der Waals surface area contributed by atoms with E-state index in [0.29, 0.717) is 12.6 Å². The van der Waals surface area contributed by atoms with Gasteiger partial charge in [0.1, 0.15) is 0 Å². The summed E-state index contributed by atoms with van der Waals surface area (Å²) in [5.41, 5.74) is 6.42. The summed E-state index contributed by atoms with van der Waals surface area (Å²) in [6.07, 6.45) is 0. The lowest BCUT2D eigenvalue weighted by Gasteiger charge is -2.36. The lowest BCUT2D eigenvalue weighted by molar-refractivity contribution is 0.117. The van der Waals surface area contributed by atoms with E-state index in [-0.39, 0.29) is 6.03 Å². The topological polar surface area (TPSA) is 61.6 Å². The second-order valence-electron chi connectivity index (χ2n) is 5.08. The molecule has 5 nitrogen and oxygen atoms in total. The first kappa shape index (κ1) is 13.4. The first-order valence-electron chi connectivity index (χ1n) is 6.79. The van der Waals surface area contributed by atoms with E-state index < -0.39 is 0 Å². The molecule has 2 aliphatic heterocycles. The molecule has 1 aromatic rings. The third kappa shape index (κ3) is 2.80. The van der Waals surface area contributed by atoms with Crippen LogP contribution in [0.25, 0.3) is 0 Å². The van der Waals surface area contributed by atoms with Crippen molar-refractivity contribution in [2.75, 3.05) is 32.7 Å². The maximum atomic E-state index is 11.6. The summed E-state index contributed by atoms with van der Waals surface area (Å²) in [4.78, 5) is 17.2. The second-order valence-corrected chi connectivity index (χ2v) is 6.07. The summed E-state index contributed by atoms with van der Waals surface area (Å²) < 4.78 is 0. The van der Waals surface area contributed by atoms with Crippen LogP contribution in [0.15, 0.2) is 11.4 Å². The van der Waals surface area contributed by atoms with Gasteiger partial charge in [-0.05, 0) is 6.07 Å². The van der Waals surface area contributed by atoms with Crippen molar-refractivity contribution in [1.82, 2.24) is 15.1 Å². The van der Waals surface area contributed by atoms with E-state index in [1.165, 1.54) is 4.88 Å². The van der Waals surface area contributed by atoms with Gasteiger partial charge in [0, 0.05) is 48.5 Å².